The van der Waals surface area contributed by atoms with Gasteiger partial charge in [0.05, 0.1) is 20.3 Å². The van der Waals surface area contributed by atoms with Gasteiger partial charge in [-0.05, 0) is 68.3 Å². The molecule has 5 heterocycles. The van der Waals surface area contributed by atoms with E-state index in [2.05, 4.69) is 63.9 Å². The van der Waals surface area contributed by atoms with Crippen LogP contribution in [-0.4, -0.2) is 116 Å². The number of H-pyrrole nitrogens is 1. The number of anilines is 1. The van der Waals surface area contributed by atoms with Gasteiger partial charge in [0.1, 0.15) is 23.4 Å². The van der Waals surface area contributed by atoms with Gasteiger partial charge >= 0.3 is 11.9 Å². The van der Waals surface area contributed by atoms with Gasteiger partial charge in [-0.1, -0.05) is 58.0 Å². The summed E-state index contributed by atoms with van der Waals surface area (Å²) in [5, 5.41) is 13.3. The standard InChI is InChI=1S/C43H57N5O6.C2H6/c1-8-42(44)22-25(2)23-47(24-42)18-15-28-27-12-9-10-14-32(27)45-37(28)41(4,40(51)53-7)31-20-30-33(21-34(31)52-6)46(5)39-35(50)36(54-26(3)49)29-13-11-17-48-19-16-43(30,39)38(29)48;1-2/h9-14,20-21,25,29,35-36,38-39,45,50H,8,15-19,22-24,44H2,1-7H3;1-2H3/t25?,29?,35?,36?,38?,39?,41-,42?,43?;/m0./s1. The molecule has 3 fully saturated rings. The van der Waals surface area contributed by atoms with Gasteiger partial charge in [0, 0.05) is 97.0 Å². The summed E-state index contributed by atoms with van der Waals surface area (Å²) in [6.07, 6.45) is 6.13. The number of hydrogen-bond acceptors (Lipinski definition) is 10. The Morgan fingerprint density at radius 2 is 1.89 bits per heavy atom. The third kappa shape index (κ3) is 6.07. The van der Waals surface area contributed by atoms with E-state index in [-0.39, 0.29) is 23.5 Å². The number of methoxy groups -OCH3 is 2. The maximum atomic E-state index is 14.6. The van der Waals surface area contributed by atoms with Crippen LogP contribution in [0.15, 0.2) is 48.6 Å². The maximum Gasteiger partial charge on any atom is 0.322 e. The molecule has 4 aliphatic heterocycles. The third-order valence-corrected chi connectivity index (χ3v) is 14.0. The molecule has 8 unspecified atom stereocenters. The second kappa shape index (κ2) is 15.1. The van der Waals surface area contributed by atoms with Crippen LogP contribution in [0, 0.1) is 11.8 Å². The molecule has 1 aliphatic carbocycles. The summed E-state index contributed by atoms with van der Waals surface area (Å²) in [7, 11) is 5.11. The van der Waals surface area contributed by atoms with E-state index in [1.54, 1.807) is 7.11 Å². The molecule has 4 N–H and O–H groups in total. The highest BCUT2D eigenvalue weighted by Crippen LogP contribution is 2.62. The SMILES string of the molecule is CC.CCC1(N)CC(C)CN(CCc2c([C@@](C)(C(=O)OC)c3cc4c(cc3OC)N(C)C3C(O)C(OC(C)=O)C5C=CCN6CCC43C56)[nH]c3ccccc23)C1. The van der Waals surface area contributed by atoms with Crippen LogP contribution >= 0.6 is 0 Å². The lowest BCUT2D eigenvalue weighted by Crippen LogP contribution is -2.69. The van der Waals surface area contributed by atoms with E-state index in [9.17, 15) is 14.7 Å². The molecule has 5 aliphatic rings. The van der Waals surface area contributed by atoms with E-state index >= 15 is 0 Å². The molecule has 11 nitrogen and oxygen atoms in total. The average molecular weight is 770 g/mol. The van der Waals surface area contributed by atoms with Crippen molar-refractivity contribution in [3.05, 3.63) is 70.9 Å². The average Bonchev–Trinajstić information content (AvgIpc) is 3.85. The monoisotopic (exact) mass is 769 g/mol. The van der Waals surface area contributed by atoms with Gasteiger partial charge in [-0.3, -0.25) is 14.5 Å². The van der Waals surface area contributed by atoms with Gasteiger partial charge in [-0.15, -0.1) is 0 Å². The Labute approximate surface area is 332 Å². The minimum Gasteiger partial charge on any atom is -0.496 e. The number of likely N-dealkylation sites (N-methyl/N-ethyl adjacent to an activating group) is 1. The summed E-state index contributed by atoms with van der Waals surface area (Å²) in [5.74, 6) is 0.0816. The van der Waals surface area contributed by atoms with Gasteiger partial charge in [0.2, 0.25) is 0 Å². The number of aliphatic hydroxyl groups excluding tert-OH is 1. The number of likely N-dealkylation sites (tertiary alicyclic amines) is 1. The molecule has 0 radical (unpaired) electrons. The van der Waals surface area contributed by atoms with Crippen molar-refractivity contribution in [1.82, 2.24) is 14.8 Å². The predicted octanol–water partition coefficient (Wildman–Crippen LogP) is 5.30. The smallest absolute Gasteiger partial charge is 0.322 e. The summed E-state index contributed by atoms with van der Waals surface area (Å²) in [5.41, 5.74) is 10.5. The number of piperidine rings is 1. The Morgan fingerprint density at radius 3 is 2.59 bits per heavy atom. The lowest BCUT2D eigenvalue weighted by molar-refractivity contribution is -0.166. The quantitative estimate of drug-likeness (QED) is 0.195. The lowest BCUT2D eigenvalue weighted by Gasteiger charge is -2.54. The van der Waals surface area contributed by atoms with E-state index in [4.69, 9.17) is 19.9 Å². The predicted molar refractivity (Wildman–Crippen MR) is 220 cm³/mol. The highest BCUT2D eigenvalue weighted by molar-refractivity contribution is 5.94. The molecule has 1 saturated carbocycles. The number of aromatic amines is 1. The fraction of sp³-hybridized carbons (Fsp3) is 0.600. The Morgan fingerprint density at radius 1 is 1.14 bits per heavy atom. The minimum absolute atomic E-state index is 0.0112. The van der Waals surface area contributed by atoms with Crippen LogP contribution < -0.4 is 15.4 Å². The largest absolute Gasteiger partial charge is 0.496 e. The molecule has 2 saturated heterocycles. The Bertz CT molecular complexity index is 2000. The van der Waals surface area contributed by atoms with Gasteiger partial charge in [-0.2, -0.15) is 0 Å². The number of nitrogens with one attached hydrogen (secondary N) is 1. The number of nitrogens with zero attached hydrogens (tertiary/aromatic N) is 3. The van der Waals surface area contributed by atoms with Crippen LogP contribution in [0.1, 0.15) is 83.2 Å². The van der Waals surface area contributed by atoms with Crippen molar-refractivity contribution in [2.75, 3.05) is 58.9 Å². The lowest BCUT2D eigenvalue weighted by atomic mass is 9.58. The van der Waals surface area contributed by atoms with E-state index in [1.807, 2.05) is 46.0 Å². The first-order valence-electron chi connectivity index (χ1n) is 20.7. The number of aromatic nitrogens is 1. The number of nitrogens with two attached hydrogens (primary N) is 1. The van der Waals surface area contributed by atoms with Crippen molar-refractivity contribution in [2.24, 2.45) is 17.6 Å². The van der Waals surface area contributed by atoms with E-state index < -0.39 is 35.0 Å². The normalized spacial score (nSPS) is 31.8. The first-order valence-corrected chi connectivity index (χ1v) is 20.7. The number of carbonyl (C=O) groups excluding carboxylic acids is 2. The second-order valence-corrected chi connectivity index (χ2v) is 17.1. The topological polar surface area (TPSA) is 134 Å². The zero-order valence-electron chi connectivity index (χ0n) is 34.9. The number of fused-ring (bicyclic) bond motifs is 2. The zero-order chi connectivity index (χ0) is 40.3. The summed E-state index contributed by atoms with van der Waals surface area (Å²) >= 11 is 0. The van der Waals surface area contributed by atoms with Crippen LogP contribution in [0.2, 0.25) is 0 Å². The molecule has 2 aromatic carbocycles. The van der Waals surface area contributed by atoms with Crippen LogP contribution in [0.3, 0.4) is 0 Å². The van der Waals surface area contributed by atoms with Crippen LogP contribution in [0.5, 0.6) is 5.75 Å². The first-order chi connectivity index (χ1) is 26.8. The molecular weight excluding hydrogens is 707 g/mol. The molecule has 304 valence electrons. The van der Waals surface area contributed by atoms with Gasteiger partial charge in [0.15, 0.2) is 0 Å². The van der Waals surface area contributed by atoms with Crippen LogP contribution in [-0.2, 0) is 36.3 Å². The molecule has 0 amide bonds. The molecule has 56 heavy (non-hydrogen) atoms. The van der Waals surface area contributed by atoms with Crippen molar-refractivity contribution >= 4 is 28.5 Å². The Kier molecular flexibility index (Phi) is 10.9. The van der Waals surface area contributed by atoms with E-state index in [1.165, 1.54) is 14.0 Å². The van der Waals surface area contributed by atoms with Crippen molar-refractivity contribution < 1.29 is 28.9 Å². The van der Waals surface area contributed by atoms with Gasteiger partial charge < -0.3 is 39.8 Å². The molecule has 0 bridgehead atoms. The molecule has 8 rings (SSSR count). The molecule has 3 aromatic rings. The number of ether oxygens (including phenoxy) is 3. The Balaban J connectivity index is 0.00000237. The minimum atomic E-state index is -1.29. The Hall–Kier alpha value is -3.90. The number of hydrogen-bond donors (Lipinski definition) is 3. The summed E-state index contributed by atoms with van der Waals surface area (Å²) in [6, 6.07) is 12.1. The fourth-order valence-corrected chi connectivity index (χ4v) is 11.7. The summed E-state index contributed by atoms with van der Waals surface area (Å²) in [4.78, 5) is 37.8. The van der Waals surface area contributed by atoms with Gasteiger partial charge in [0.25, 0.3) is 0 Å². The van der Waals surface area contributed by atoms with Crippen molar-refractivity contribution in [3.63, 3.8) is 0 Å². The molecular formula is C45H63N5O6. The molecule has 9 atom stereocenters. The van der Waals surface area contributed by atoms with Crippen molar-refractivity contribution in [3.8, 4) is 5.75 Å². The molecule has 11 heteroatoms. The number of carbonyl (C=O) groups is 2. The number of aliphatic hydroxyl groups is 1. The van der Waals surface area contributed by atoms with Crippen molar-refractivity contribution in [2.45, 2.75) is 108 Å². The number of benzene rings is 2. The summed E-state index contributed by atoms with van der Waals surface area (Å²) in [6.45, 7) is 16.1. The second-order valence-electron chi connectivity index (χ2n) is 17.1. The van der Waals surface area contributed by atoms with E-state index in [0.29, 0.717) is 17.2 Å². The number of rotatable bonds is 9. The maximum absolute atomic E-state index is 14.6. The zero-order valence-corrected chi connectivity index (χ0v) is 34.9. The number of esters is 2. The number of para-hydroxylation sites is 1. The fourth-order valence-electron chi connectivity index (χ4n) is 11.7. The summed E-state index contributed by atoms with van der Waals surface area (Å²) < 4.78 is 17.9. The molecule has 1 aromatic heterocycles. The highest BCUT2D eigenvalue weighted by Gasteiger charge is 2.69. The molecule has 1 spiro atoms. The third-order valence-electron chi connectivity index (χ3n) is 14.0. The van der Waals surface area contributed by atoms with Crippen molar-refractivity contribution in [1.29, 1.82) is 0 Å². The highest BCUT2D eigenvalue weighted by atomic mass is 16.6. The van der Waals surface area contributed by atoms with Crippen LogP contribution in [0.25, 0.3) is 10.9 Å². The van der Waals surface area contributed by atoms with Crippen LogP contribution in [0.4, 0.5) is 5.69 Å². The van der Waals surface area contributed by atoms with Gasteiger partial charge in [-0.25, -0.2) is 0 Å². The van der Waals surface area contributed by atoms with E-state index in [0.717, 1.165) is 91.8 Å². The first kappa shape index (κ1) is 40.3.